The standard InChI is InChI=1S/C14H16ClN3O3/c1-4-21-14(19)12-13(16)18(8(2)17-12)9-5-6-10(15)11(7-9)20-3/h5-7H,4,16H2,1-3H3. The van der Waals surface area contributed by atoms with Crippen LogP contribution in [0.15, 0.2) is 18.2 Å². The van der Waals surface area contributed by atoms with Gasteiger partial charge in [0.05, 0.1) is 24.4 Å². The Morgan fingerprint density at radius 2 is 2.19 bits per heavy atom. The number of imidazole rings is 1. The summed E-state index contributed by atoms with van der Waals surface area (Å²) >= 11 is 6.01. The Hall–Kier alpha value is -2.21. The van der Waals surface area contributed by atoms with E-state index in [0.29, 0.717) is 22.3 Å². The Balaban J connectivity index is 2.52. The Kier molecular flexibility index (Phi) is 4.37. The van der Waals surface area contributed by atoms with Crippen molar-refractivity contribution in [1.82, 2.24) is 9.55 Å². The highest BCUT2D eigenvalue weighted by Gasteiger charge is 2.21. The van der Waals surface area contributed by atoms with Crippen molar-refractivity contribution >= 4 is 23.4 Å². The lowest BCUT2D eigenvalue weighted by Crippen LogP contribution is -2.09. The van der Waals surface area contributed by atoms with E-state index in [1.165, 1.54) is 7.11 Å². The maximum absolute atomic E-state index is 11.8. The number of halogens is 1. The van der Waals surface area contributed by atoms with Crippen LogP contribution in [0.1, 0.15) is 23.2 Å². The third-order valence-corrected chi connectivity index (χ3v) is 3.25. The highest BCUT2D eigenvalue weighted by molar-refractivity contribution is 6.32. The van der Waals surface area contributed by atoms with E-state index in [-0.39, 0.29) is 18.1 Å². The molecule has 0 aliphatic carbocycles. The van der Waals surface area contributed by atoms with Crippen molar-refractivity contribution in [3.63, 3.8) is 0 Å². The Morgan fingerprint density at radius 3 is 2.81 bits per heavy atom. The van der Waals surface area contributed by atoms with E-state index in [4.69, 9.17) is 26.8 Å². The highest BCUT2D eigenvalue weighted by Crippen LogP contribution is 2.29. The second-order valence-corrected chi connectivity index (χ2v) is 4.67. The Morgan fingerprint density at radius 1 is 1.48 bits per heavy atom. The van der Waals surface area contributed by atoms with Crippen LogP contribution in [0, 0.1) is 6.92 Å². The van der Waals surface area contributed by atoms with Gasteiger partial charge in [0.1, 0.15) is 17.4 Å². The monoisotopic (exact) mass is 309 g/mol. The predicted molar refractivity (Wildman–Crippen MR) is 80.2 cm³/mol. The molecule has 0 bridgehead atoms. The molecule has 0 saturated carbocycles. The molecule has 21 heavy (non-hydrogen) atoms. The average molecular weight is 310 g/mol. The normalized spacial score (nSPS) is 10.5. The minimum atomic E-state index is -0.544. The van der Waals surface area contributed by atoms with Gasteiger partial charge in [-0.25, -0.2) is 9.78 Å². The first-order valence-electron chi connectivity index (χ1n) is 6.35. The zero-order chi connectivity index (χ0) is 15.6. The Bertz CT molecular complexity index is 682. The van der Waals surface area contributed by atoms with Crippen molar-refractivity contribution in [1.29, 1.82) is 0 Å². The highest BCUT2D eigenvalue weighted by atomic mass is 35.5. The van der Waals surface area contributed by atoms with Crippen molar-refractivity contribution in [2.45, 2.75) is 13.8 Å². The number of rotatable bonds is 4. The van der Waals surface area contributed by atoms with Gasteiger partial charge >= 0.3 is 5.97 Å². The molecule has 0 amide bonds. The smallest absolute Gasteiger partial charge is 0.360 e. The van der Waals surface area contributed by atoms with E-state index in [0.717, 1.165) is 0 Å². The average Bonchev–Trinajstić information content (AvgIpc) is 2.75. The molecule has 6 nitrogen and oxygen atoms in total. The summed E-state index contributed by atoms with van der Waals surface area (Å²) < 4.78 is 11.8. The topological polar surface area (TPSA) is 79.4 Å². The van der Waals surface area contributed by atoms with Crippen LogP contribution in [0.4, 0.5) is 5.82 Å². The summed E-state index contributed by atoms with van der Waals surface area (Å²) in [7, 11) is 1.53. The number of nitrogens with zero attached hydrogens (tertiary/aromatic N) is 2. The van der Waals surface area contributed by atoms with E-state index in [2.05, 4.69) is 4.98 Å². The predicted octanol–water partition coefficient (Wildman–Crippen LogP) is 2.60. The largest absolute Gasteiger partial charge is 0.495 e. The molecule has 0 atom stereocenters. The summed E-state index contributed by atoms with van der Waals surface area (Å²) in [6.45, 7) is 3.74. The number of hydrogen-bond donors (Lipinski definition) is 1. The molecule has 0 aliphatic heterocycles. The number of nitrogen functional groups attached to an aromatic ring is 1. The molecule has 0 unspecified atom stereocenters. The molecule has 2 N–H and O–H groups in total. The van der Waals surface area contributed by atoms with E-state index in [1.54, 1.807) is 36.6 Å². The van der Waals surface area contributed by atoms with Crippen LogP contribution in [0.25, 0.3) is 5.69 Å². The molecule has 0 radical (unpaired) electrons. The van der Waals surface area contributed by atoms with Crippen LogP contribution in [0.5, 0.6) is 5.75 Å². The summed E-state index contributed by atoms with van der Waals surface area (Å²) in [5, 5.41) is 0.489. The summed E-state index contributed by atoms with van der Waals surface area (Å²) in [5.41, 5.74) is 6.83. The fraction of sp³-hybridized carbons (Fsp3) is 0.286. The number of aromatic nitrogens is 2. The van der Waals surface area contributed by atoms with Crippen LogP contribution in [-0.2, 0) is 4.74 Å². The molecular weight excluding hydrogens is 294 g/mol. The van der Waals surface area contributed by atoms with E-state index in [1.807, 2.05) is 0 Å². The molecule has 2 aromatic rings. The lowest BCUT2D eigenvalue weighted by molar-refractivity contribution is 0.0521. The van der Waals surface area contributed by atoms with Gasteiger partial charge in [-0.2, -0.15) is 0 Å². The second kappa shape index (κ2) is 6.05. The van der Waals surface area contributed by atoms with Crippen molar-refractivity contribution in [3.05, 3.63) is 34.7 Å². The summed E-state index contributed by atoms with van der Waals surface area (Å²) in [6.07, 6.45) is 0. The molecule has 0 spiro atoms. The minimum absolute atomic E-state index is 0.100. The van der Waals surface area contributed by atoms with Crippen LogP contribution in [-0.4, -0.2) is 29.2 Å². The first-order valence-corrected chi connectivity index (χ1v) is 6.73. The first-order chi connectivity index (χ1) is 9.99. The fourth-order valence-corrected chi connectivity index (χ4v) is 2.21. The number of benzene rings is 1. The fourth-order valence-electron chi connectivity index (χ4n) is 2.01. The number of anilines is 1. The first kappa shape index (κ1) is 15.2. The number of esters is 1. The van der Waals surface area contributed by atoms with Gasteiger partial charge in [0.25, 0.3) is 0 Å². The van der Waals surface area contributed by atoms with Gasteiger partial charge in [-0.1, -0.05) is 11.6 Å². The van der Waals surface area contributed by atoms with Crippen LogP contribution in [0.2, 0.25) is 5.02 Å². The van der Waals surface area contributed by atoms with Crippen molar-refractivity contribution in [2.24, 2.45) is 0 Å². The van der Waals surface area contributed by atoms with Crippen molar-refractivity contribution in [2.75, 3.05) is 19.5 Å². The van der Waals surface area contributed by atoms with Gasteiger partial charge in [-0.05, 0) is 26.0 Å². The summed E-state index contributed by atoms with van der Waals surface area (Å²) in [6, 6.07) is 5.19. The zero-order valence-electron chi connectivity index (χ0n) is 12.0. The van der Waals surface area contributed by atoms with Gasteiger partial charge in [0.15, 0.2) is 5.69 Å². The lowest BCUT2D eigenvalue weighted by Gasteiger charge is -2.10. The Labute approximate surface area is 127 Å². The third-order valence-electron chi connectivity index (χ3n) is 2.94. The number of carbonyl (C=O) groups is 1. The molecule has 1 aromatic heterocycles. The van der Waals surface area contributed by atoms with Gasteiger partial charge in [0, 0.05) is 6.07 Å². The number of aryl methyl sites for hydroxylation is 1. The van der Waals surface area contributed by atoms with Gasteiger partial charge in [0.2, 0.25) is 0 Å². The minimum Gasteiger partial charge on any atom is -0.495 e. The molecular formula is C14H16ClN3O3. The van der Waals surface area contributed by atoms with Crippen molar-refractivity contribution < 1.29 is 14.3 Å². The second-order valence-electron chi connectivity index (χ2n) is 4.27. The van der Waals surface area contributed by atoms with Crippen LogP contribution in [0.3, 0.4) is 0 Å². The van der Waals surface area contributed by atoms with Gasteiger partial charge in [-0.3, -0.25) is 4.57 Å². The van der Waals surface area contributed by atoms with Gasteiger partial charge < -0.3 is 15.2 Å². The summed E-state index contributed by atoms with van der Waals surface area (Å²) in [5.74, 6) is 0.757. The maximum Gasteiger partial charge on any atom is 0.360 e. The number of methoxy groups -OCH3 is 1. The quantitative estimate of drug-likeness (QED) is 0.878. The van der Waals surface area contributed by atoms with Crippen LogP contribution < -0.4 is 10.5 Å². The molecule has 2 rings (SSSR count). The zero-order valence-corrected chi connectivity index (χ0v) is 12.8. The molecule has 0 fully saturated rings. The third kappa shape index (κ3) is 2.80. The van der Waals surface area contributed by atoms with Gasteiger partial charge in [-0.15, -0.1) is 0 Å². The van der Waals surface area contributed by atoms with E-state index < -0.39 is 5.97 Å². The van der Waals surface area contributed by atoms with Crippen molar-refractivity contribution in [3.8, 4) is 11.4 Å². The molecule has 0 aliphatic rings. The van der Waals surface area contributed by atoms with Crippen LogP contribution >= 0.6 is 11.6 Å². The summed E-state index contributed by atoms with van der Waals surface area (Å²) in [4.78, 5) is 16.0. The molecule has 0 saturated heterocycles. The number of carbonyl (C=O) groups excluding carboxylic acids is 1. The van der Waals surface area contributed by atoms with E-state index >= 15 is 0 Å². The number of nitrogens with two attached hydrogens (primary N) is 1. The SMILES string of the molecule is CCOC(=O)c1nc(C)n(-c2ccc(Cl)c(OC)c2)c1N. The number of ether oxygens (including phenoxy) is 2. The lowest BCUT2D eigenvalue weighted by atomic mass is 10.3. The maximum atomic E-state index is 11.8. The molecule has 112 valence electrons. The molecule has 1 aromatic carbocycles. The van der Waals surface area contributed by atoms with E-state index in [9.17, 15) is 4.79 Å². The number of hydrogen-bond acceptors (Lipinski definition) is 5. The molecule has 1 heterocycles. The molecule has 7 heteroatoms.